The maximum absolute atomic E-state index is 12.9. The summed E-state index contributed by atoms with van der Waals surface area (Å²) in [5.41, 5.74) is 8.01. The summed E-state index contributed by atoms with van der Waals surface area (Å²) in [6.07, 6.45) is 21.2. The number of esters is 2. The Labute approximate surface area is 384 Å². The number of ether oxygens (including phenoxy) is 2. The molecule has 2 rings (SSSR count). The van der Waals surface area contributed by atoms with E-state index in [0.717, 1.165) is 70.0 Å². The molecule has 14 nitrogen and oxygen atoms in total. The van der Waals surface area contributed by atoms with Crippen molar-refractivity contribution < 1.29 is 62.1 Å². The molecule has 7 atom stereocenters. The average molecular weight is 928 g/mol. The molecule has 1 unspecified atom stereocenters. The molecule has 0 saturated heterocycles. The summed E-state index contributed by atoms with van der Waals surface area (Å²) in [5.74, 6) is 0.186. The maximum atomic E-state index is 12.9. The van der Waals surface area contributed by atoms with Gasteiger partial charge in [-0.05, 0) is 63.5 Å². The van der Waals surface area contributed by atoms with E-state index in [1.54, 1.807) is 12.2 Å². The van der Waals surface area contributed by atoms with Gasteiger partial charge in [0, 0.05) is 63.3 Å². The Hall–Kier alpha value is -2.42. The van der Waals surface area contributed by atoms with Gasteiger partial charge < -0.3 is 39.8 Å². The number of aliphatic hydroxyl groups excluding tert-OH is 3. The lowest BCUT2D eigenvalue weighted by Gasteiger charge is -2.20. The molecule has 0 radical (unpaired) electrons. The van der Waals surface area contributed by atoms with Crippen LogP contribution in [0.3, 0.4) is 0 Å². The number of Topliss-reactive ketones (excluding diaryl/α,β-unsaturated/α-hetero) is 1. The highest BCUT2D eigenvalue weighted by Crippen LogP contribution is 2.43. The number of hydrogen-bond acceptors (Lipinski definition) is 13. The summed E-state index contributed by atoms with van der Waals surface area (Å²) in [7, 11) is -4.49. The number of aryl methyl sites for hydroxylation is 2. The van der Waals surface area contributed by atoms with Crippen molar-refractivity contribution in [2.24, 2.45) is 17.6 Å². The van der Waals surface area contributed by atoms with Gasteiger partial charge in [0.1, 0.15) is 23.9 Å². The number of phosphoric ester groups is 1. The molecule has 1 aromatic heterocycles. The molecule has 0 bridgehead atoms. The molecule has 6 N–H and O–H groups in total. The number of furan rings is 1. The fourth-order valence-electron chi connectivity index (χ4n) is 8.28. The van der Waals surface area contributed by atoms with E-state index in [1.807, 2.05) is 0 Å². The molecule has 0 aliphatic heterocycles. The lowest BCUT2D eigenvalue weighted by atomic mass is 9.87. The van der Waals surface area contributed by atoms with Crippen molar-refractivity contribution in [3.63, 3.8) is 0 Å². The van der Waals surface area contributed by atoms with Crippen LogP contribution in [-0.2, 0) is 50.3 Å². The number of nitrogens with two attached hydrogens (primary N) is 1. The summed E-state index contributed by atoms with van der Waals surface area (Å²) < 4.78 is 39.0. The average Bonchev–Trinajstić information content (AvgIpc) is 3.68. The van der Waals surface area contributed by atoms with Crippen LogP contribution in [0.2, 0.25) is 0 Å². The first kappa shape index (κ1) is 57.7. The number of carbonyl (C=O) groups excluding carboxylic acids is 3. The molecule has 1 saturated carbocycles. The maximum Gasteiger partial charge on any atom is 0.472 e. The number of ketones is 1. The molecule has 1 aromatic rings. The van der Waals surface area contributed by atoms with Crippen molar-refractivity contribution in [2.75, 3.05) is 26.4 Å². The SMILES string of the molecule is CCCCCc1oc(CCCCCCCCCCCCC(=O)OC[C@H](COP(=O)(O)OCCN)OC(=O)CCCCC(=O)C[C@@H]2[C@@H](/C=C/[C@@H](O)CCCCC)[C@H](O)C[C@@H]2O)c(C)c1C. The first-order valence-electron chi connectivity index (χ1n) is 24.7. The zero-order valence-electron chi connectivity index (χ0n) is 39.8. The van der Waals surface area contributed by atoms with Gasteiger partial charge in [0.15, 0.2) is 6.10 Å². The largest absolute Gasteiger partial charge is 0.472 e. The van der Waals surface area contributed by atoms with Crippen LogP contribution in [0.15, 0.2) is 16.6 Å². The van der Waals surface area contributed by atoms with Crippen molar-refractivity contribution in [2.45, 2.75) is 219 Å². The molecule has 0 spiro atoms. The number of carbonyl (C=O) groups is 3. The number of phosphoric acid groups is 1. The van der Waals surface area contributed by atoms with E-state index < -0.39 is 62.6 Å². The molecular formula is C49H86NO13P. The summed E-state index contributed by atoms with van der Waals surface area (Å²) in [5, 5.41) is 31.4. The van der Waals surface area contributed by atoms with E-state index in [4.69, 9.17) is 28.7 Å². The number of hydrogen-bond donors (Lipinski definition) is 5. The van der Waals surface area contributed by atoms with Gasteiger partial charge in [0.25, 0.3) is 0 Å². The van der Waals surface area contributed by atoms with Gasteiger partial charge in [-0.25, -0.2) is 4.57 Å². The van der Waals surface area contributed by atoms with Gasteiger partial charge in [0.2, 0.25) is 0 Å². The van der Waals surface area contributed by atoms with Crippen molar-refractivity contribution in [3.8, 4) is 0 Å². The van der Waals surface area contributed by atoms with E-state index in [9.17, 15) is 39.2 Å². The third kappa shape index (κ3) is 24.9. The Kier molecular flexibility index (Phi) is 30.6. The Morgan fingerprint density at radius 3 is 1.92 bits per heavy atom. The molecule has 1 aliphatic rings. The van der Waals surface area contributed by atoms with Crippen LogP contribution in [-0.4, -0.2) is 88.7 Å². The summed E-state index contributed by atoms with van der Waals surface area (Å²) in [4.78, 5) is 48.2. The van der Waals surface area contributed by atoms with Gasteiger partial charge in [-0.3, -0.25) is 23.4 Å². The fraction of sp³-hybridized carbons (Fsp3) is 0.816. The van der Waals surface area contributed by atoms with Gasteiger partial charge in [-0.2, -0.15) is 0 Å². The van der Waals surface area contributed by atoms with Crippen molar-refractivity contribution in [3.05, 3.63) is 34.8 Å². The van der Waals surface area contributed by atoms with Crippen LogP contribution in [0, 0.1) is 25.7 Å². The minimum Gasteiger partial charge on any atom is -0.466 e. The molecule has 1 heterocycles. The van der Waals surface area contributed by atoms with Crippen molar-refractivity contribution in [1.29, 1.82) is 0 Å². The van der Waals surface area contributed by atoms with Gasteiger partial charge in [-0.1, -0.05) is 109 Å². The Bertz CT molecular complexity index is 1520. The lowest BCUT2D eigenvalue weighted by Crippen LogP contribution is -2.29. The second-order valence-corrected chi connectivity index (χ2v) is 19.3. The van der Waals surface area contributed by atoms with Gasteiger partial charge >= 0.3 is 19.8 Å². The van der Waals surface area contributed by atoms with Crippen LogP contribution in [0.4, 0.5) is 0 Å². The second-order valence-electron chi connectivity index (χ2n) is 17.9. The summed E-state index contributed by atoms with van der Waals surface area (Å²) in [6.45, 7) is 7.52. The van der Waals surface area contributed by atoms with E-state index in [-0.39, 0.29) is 57.6 Å². The number of rotatable bonds is 39. The Balaban J connectivity index is 1.66. The van der Waals surface area contributed by atoms with E-state index >= 15 is 0 Å². The first-order chi connectivity index (χ1) is 30.7. The van der Waals surface area contributed by atoms with E-state index in [0.29, 0.717) is 25.7 Å². The quantitative estimate of drug-likeness (QED) is 0.0180. The van der Waals surface area contributed by atoms with Crippen molar-refractivity contribution in [1.82, 2.24) is 0 Å². The van der Waals surface area contributed by atoms with Gasteiger partial charge in [-0.15, -0.1) is 0 Å². The highest BCUT2D eigenvalue weighted by molar-refractivity contribution is 7.47. The summed E-state index contributed by atoms with van der Waals surface area (Å²) in [6, 6.07) is 0. The molecular weight excluding hydrogens is 842 g/mol. The highest BCUT2D eigenvalue weighted by atomic mass is 31.2. The molecule has 0 aromatic carbocycles. The first-order valence-corrected chi connectivity index (χ1v) is 26.2. The number of unbranched alkanes of at least 4 members (excludes halogenated alkanes) is 14. The van der Waals surface area contributed by atoms with Crippen LogP contribution in [0.5, 0.6) is 0 Å². The fourth-order valence-corrected chi connectivity index (χ4v) is 9.05. The number of aliphatic hydroxyl groups is 3. The van der Waals surface area contributed by atoms with E-state index in [2.05, 4.69) is 27.7 Å². The van der Waals surface area contributed by atoms with Crippen LogP contribution >= 0.6 is 7.82 Å². The second kappa shape index (κ2) is 34.0. The van der Waals surface area contributed by atoms with Crippen LogP contribution in [0.25, 0.3) is 0 Å². The Morgan fingerprint density at radius 2 is 1.30 bits per heavy atom. The third-order valence-electron chi connectivity index (χ3n) is 12.3. The summed E-state index contributed by atoms with van der Waals surface area (Å²) >= 11 is 0. The lowest BCUT2D eigenvalue weighted by molar-refractivity contribution is -0.161. The molecule has 0 amide bonds. The van der Waals surface area contributed by atoms with Crippen LogP contribution < -0.4 is 5.73 Å². The molecule has 370 valence electrons. The molecule has 64 heavy (non-hydrogen) atoms. The standard InChI is InChI=1S/C49H86NO13P/c1-5-7-17-23-39(51)29-30-42-43(45(54)34-44(42)53)33-40(52)24-21-22-28-49(56)62-41(36-61-64(57,58)60-32-31-50)35-59-48(55)27-20-16-14-12-10-9-11-13-15-19-26-47-38(4)37(3)46(63-47)25-18-8-6-2/h29-30,39,41-45,51,53-54H,5-28,31-36,50H2,1-4H3,(H,57,58)/b30-29+/t39-,41+,42+,43+,44+,45-/m0/s1. The molecule has 1 aliphatic carbocycles. The molecule has 1 fully saturated rings. The Morgan fingerprint density at radius 1 is 0.750 bits per heavy atom. The smallest absolute Gasteiger partial charge is 0.466 e. The topological polar surface area (TPSA) is 225 Å². The van der Waals surface area contributed by atoms with Crippen LogP contribution in [0.1, 0.15) is 191 Å². The predicted molar refractivity (Wildman–Crippen MR) is 249 cm³/mol. The molecule has 15 heteroatoms. The monoisotopic (exact) mass is 928 g/mol. The van der Waals surface area contributed by atoms with Crippen molar-refractivity contribution >= 4 is 25.5 Å². The highest BCUT2D eigenvalue weighted by Gasteiger charge is 2.41. The zero-order valence-corrected chi connectivity index (χ0v) is 40.7. The normalized spacial score (nSPS) is 19.5. The third-order valence-corrected chi connectivity index (χ3v) is 13.3. The minimum atomic E-state index is -4.49. The van der Waals surface area contributed by atoms with E-state index in [1.165, 1.54) is 61.8 Å². The van der Waals surface area contributed by atoms with Gasteiger partial charge in [0.05, 0.1) is 31.5 Å². The predicted octanol–water partition coefficient (Wildman–Crippen LogP) is 9.38. The minimum absolute atomic E-state index is 0.0101. The zero-order chi connectivity index (χ0) is 47.2.